The zero-order valence-electron chi connectivity index (χ0n) is 12.8. The molecule has 1 N–H and O–H groups in total. The Balaban J connectivity index is 1.94. The summed E-state index contributed by atoms with van der Waals surface area (Å²) in [6.45, 7) is 4.61. The summed E-state index contributed by atoms with van der Waals surface area (Å²) < 4.78 is 5.27. The van der Waals surface area contributed by atoms with Crippen molar-refractivity contribution in [2.45, 2.75) is 26.8 Å². The van der Waals surface area contributed by atoms with Gasteiger partial charge in [0, 0.05) is 12.1 Å². The van der Waals surface area contributed by atoms with Crippen LogP contribution in [0.25, 0.3) is 0 Å². The quantitative estimate of drug-likeness (QED) is 0.915. The van der Waals surface area contributed by atoms with Gasteiger partial charge in [0.2, 0.25) is 5.91 Å². The first-order chi connectivity index (χ1) is 10.1. The molecule has 0 spiro atoms. The summed E-state index contributed by atoms with van der Waals surface area (Å²) in [4.78, 5) is 12.0. The zero-order chi connectivity index (χ0) is 15.2. The predicted molar refractivity (Wildman–Crippen MR) is 84.5 cm³/mol. The van der Waals surface area contributed by atoms with Crippen LogP contribution < -0.4 is 10.1 Å². The van der Waals surface area contributed by atoms with Crippen molar-refractivity contribution >= 4 is 5.91 Å². The third-order valence-corrected chi connectivity index (χ3v) is 3.60. The lowest BCUT2D eigenvalue weighted by Crippen LogP contribution is -2.24. The maximum absolute atomic E-state index is 12.0. The first-order valence-electron chi connectivity index (χ1n) is 7.05. The van der Waals surface area contributed by atoms with Crippen molar-refractivity contribution in [1.29, 1.82) is 0 Å². The molecule has 0 aromatic heterocycles. The molecule has 0 fully saturated rings. The van der Waals surface area contributed by atoms with E-state index in [4.69, 9.17) is 4.74 Å². The van der Waals surface area contributed by atoms with Crippen LogP contribution in [0, 0.1) is 13.8 Å². The molecule has 0 radical (unpaired) electrons. The molecule has 2 aromatic carbocycles. The van der Waals surface area contributed by atoms with E-state index in [2.05, 4.69) is 31.3 Å². The van der Waals surface area contributed by atoms with Crippen LogP contribution in [-0.4, -0.2) is 13.0 Å². The molecular formula is C18H21NO2. The van der Waals surface area contributed by atoms with Gasteiger partial charge in [0.05, 0.1) is 13.5 Å². The maximum atomic E-state index is 12.0. The molecule has 21 heavy (non-hydrogen) atoms. The van der Waals surface area contributed by atoms with Crippen molar-refractivity contribution in [2.24, 2.45) is 0 Å². The third-order valence-electron chi connectivity index (χ3n) is 3.60. The fourth-order valence-electron chi connectivity index (χ4n) is 2.20. The van der Waals surface area contributed by atoms with E-state index < -0.39 is 0 Å². The molecule has 0 saturated heterocycles. The molecule has 0 atom stereocenters. The normalized spacial score (nSPS) is 10.2. The Morgan fingerprint density at radius 3 is 2.57 bits per heavy atom. The maximum Gasteiger partial charge on any atom is 0.224 e. The lowest BCUT2D eigenvalue weighted by molar-refractivity contribution is -0.120. The summed E-state index contributed by atoms with van der Waals surface area (Å²) >= 11 is 0. The molecule has 2 aromatic rings. The number of methoxy groups -OCH3 is 1. The van der Waals surface area contributed by atoms with Crippen LogP contribution >= 0.6 is 0 Å². The number of hydrogen-bond donors (Lipinski definition) is 1. The van der Waals surface area contributed by atoms with Gasteiger partial charge in [-0.15, -0.1) is 0 Å². The second kappa shape index (κ2) is 6.93. The Hall–Kier alpha value is -2.29. The molecule has 110 valence electrons. The Labute approximate surface area is 126 Å². The van der Waals surface area contributed by atoms with Gasteiger partial charge in [0.25, 0.3) is 0 Å². The second-order valence-corrected chi connectivity index (χ2v) is 5.18. The second-order valence-electron chi connectivity index (χ2n) is 5.18. The lowest BCUT2D eigenvalue weighted by atomic mass is 10.0. The number of amides is 1. The van der Waals surface area contributed by atoms with Crippen LogP contribution in [0.4, 0.5) is 0 Å². The molecule has 0 aliphatic carbocycles. The average Bonchev–Trinajstić information content (AvgIpc) is 2.49. The first-order valence-corrected chi connectivity index (χ1v) is 7.05. The van der Waals surface area contributed by atoms with Gasteiger partial charge in [-0.3, -0.25) is 4.79 Å². The minimum Gasteiger partial charge on any atom is -0.496 e. The van der Waals surface area contributed by atoms with Crippen molar-refractivity contribution in [2.75, 3.05) is 7.11 Å². The Morgan fingerprint density at radius 1 is 1.10 bits per heavy atom. The highest BCUT2D eigenvalue weighted by Gasteiger charge is 2.06. The zero-order valence-corrected chi connectivity index (χ0v) is 12.8. The number of aryl methyl sites for hydroxylation is 2. The van der Waals surface area contributed by atoms with Gasteiger partial charge in [-0.25, -0.2) is 0 Å². The standard InChI is InChI=1S/C18H21NO2/c1-13-8-9-15(10-14(13)2)11-18(20)19-12-16-6-4-5-7-17(16)21-3/h4-10H,11-12H2,1-3H3,(H,19,20). The third kappa shape index (κ3) is 4.09. The smallest absolute Gasteiger partial charge is 0.224 e. The van der Waals surface area contributed by atoms with Crippen molar-refractivity contribution in [1.82, 2.24) is 5.32 Å². The van der Waals surface area contributed by atoms with Gasteiger partial charge >= 0.3 is 0 Å². The van der Waals surface area contributed by atoms with Crippen molar-refractivity contribution in [3.63, 3.8) is 0 Å². The number of hydrogen-bond acceptors (Lipinski definition) is 2. The molecule has 3 nitrogen and oxygen atoms in total. The highest BCUT2D eigenvalue weighted by atomic mass is 16.5. The minimum atomic E-state index is 0.0177. The summed E-state index contributed by atoms with van der Waals surface area (Å²) in [5.41, 5.74) is 4.47. The number of rotatable bonds is 5. The highest BCUT2D eigenvalue weighted by Crippen LogP contribution is 2.16. The minimum absolute atomic E-state index is 0.0177. The molecule has 0 heterocycles. The number of carbonyl (C=O) groups excluding carboxylic acids is 1. The van der Waals surface area contributed by atoms with Gasteiger partial charge in [-0.2, -0.15) is 0 Å². The van der Waals surface area contributed by atoms with Gasteiger partial charge in [-0.05, 0) is 36.6 Å². The molecule has 0 unspecified atom stereocenters. The first kappa shape index (κ1) is 15.1. The van der Waals surface area contributed by atoms with Crippen LogP contribution in [-0.2, 0) is 17.8 Å². The van der Waals surface area contributed by atoms with E-state index in [1.54, 1.807) is 7.11 Å². The van der Waals surface area contributed by atoms with E-state index in [-0.39, 0.29) is 5.91 Å². The fraction of sp³-hybridized carbons (Fsp3) is 0.278. The Kier molecular flexibility index (Phi) is 4.99. The highest BCUT2D eigenvalue weighted by molar-refractivity contribution is 5.78. The Bertz CT molecular complexity index is 635. The number of nitrogens with one attached hydrogen (secondary N) is 1. The van der Waals surface area contributed by atoms with Gasteiger partial charge in [0.1, 0.15) is 5.75 Å². The number of carbonyl (C=O) groups is 1. The van der Waals surface area contributed by atoms with Crippen LogP contribution in [0.15, 0.2) is 42.5 Å². The SMILES string of the molecule is COc1ccccc1CNC(=O)Cc1ccc(C)c(C)c1. The van der Waals surface area contributed by atoms with Crippen LogP contribution in [0.3, 0.4) is 0 Å². The molecule has 2 rings (SSSR count). The molecular weight excluding hydrogens is 262 g/mol. The van der Waals surface area contributed by atoms with E-state index in [1.807, 2.05) is 30.3 Å². The van der Waals surface area contributed by atoms with Crippen LogP contribution in [0.5, 0.6) is 5.75 Å². The van der Waals surface area contributed by atoms with Crippen molar-refractivity contribution < 1.29 is 9.53 Å². The monoisotopic (exact) mass is 283 g/mol. The van der Waals surface area contributed by atoms with E-state index in [0.717, 1.165) is 16.9 Å². The Morgan fingerprint density at radius 2 is 1.86 bits per heavy atom. The average molecular weight is 283 g/mol. The summed E-state index contributed by atoms with van der Waals surface area (Å²) in [6.07, 6.45) is 0.399. The summed E-state index contributed by atoms with van der Waals surface area (Å²) in [5.74, 6) is 0.813. The molecule has 0 aliphatic heterocycles. The summed E-state index contributed by atoms with van der Waals surface area (Å²) in [6, 6.07) is 13.8. The molecule has 0 aliphatic rings. The van der Waals surface area contributed by atoms with Crippen molar-refractivity contribution in [3.05, 3.63) is 64.7 Å². The molecule has 1 amide bonds. The van der Waals surface area contributed by atoms with E-state index in [9.17, 15) is 4.79 Å². The molecule has 0 bridgehead atoms. The van der Waals surface area contributed by atoms with E-state index in [1.165, 1.54) is 11.1 Å². The number of ether oxygens (including phenoxy) is 1. The summed E-state index contributed by atoms with van der Waals surface area (Å²) in [5, 5.41) is 2.94. The molecule has 3 heteroatoms. The predicted octanol–water partition coefficient (Wildman–Crippen LogP) is 3.17. The summed E-state index contributed by atoms with van der Waals surface area (Å²) in [7, 11) is 1.63. The van der Waals surface area contributed by atoms with Gasteiger partial charge < -0.3 is 10.1 Å². The van der Waals surface area contributed by atoms with Crippen molar-refractivity contribution in [3.8, 4) is 5.75 Å². The van der Waals surface area contributed by atoms with Crippen LogP contribution in [0.1, 0.15) is 22.3 Å². The van der Waals surface area contributed by atoms with Gasteiger partial charge in [-0.1, -0.05) is 36.4 Å². The van der Waals surface area contributed by atoms with Crippen LogP contribution in [0.2, 0.25) is 0 Å². The topological polar surface area (TPSA) is 38.3 Å². The van der Waals surface area contributed by atoms with Gasteiger partial charge in [0.15, 0.2) is 0 Å². The molecule has 0 saturated carbocycles. The number of benzene rings is 2. The van der Waals surface area contributed by atoms with E-state index in [0.29, 0.717) is 13.0 Å². The number of para-hydroxylation sites is 1. The lowest BCUT2D eigenvalue weighted by Gasteiger charge is -2.10. The fourth-order valence-corrected chi connectivity index (χ4v) is 2.20. The van der Waals surface area contributed by atoms with E-state index >= 15 is 0 Å². The largest absolute Gasteiger partial charge is 0.496 e.